The molecule has 2 aliphatic rings. The molecule has 1 amide bonds. The van der Waals surface area contributed by atoms with E-state index >= 15 is 0 Å². The molecule has 1 N–H and O–H groups in total. The number of thiophene rings is 1. The lowest BCUT2D eigenvalue weighted by Gasteiger charge is -2.10. The quantitative estimate of drug-likeness (QED) is 0.871. The van der Waals surface area contributed by atoms with E-state index in [0.717, 1.165) is 24.0 Å². The summed E-state index contributed by atoms with van der Waals surface area (Å²) in [4.78, 5) is 16.3. The largest absolute Gasteiger partial charge is 0.339 e. The van der Waals surface area contributed by atoms with Crippen LogP contribution in [-0.2, 0) is 33.4 Å². The van der Waals surface area contributed by atoms with Gasteiger partial charge in [-0.05, 0) is 47.6 Å². The Kier molecular flexibility index (Phi) is 3.49. The Bertz CT molecular complexity index is 831. The molecule has 0 aromatic carbocycles. The van der Waals surface area contributed by atoms with Gasteiger partial charge in [-0.3, -0.25) is 9.52 Å². The van der Waals surface area contributed by atoms with Gasteiger partial charge in [0.2, 0.25) is 21.8 Å². The smallest absolute Gasteiger partial charge is 0.242 e. The number of hydrogen-bond donors (Lipinski definition) is 1. The van der Waals surface area contributed by atoms with Crippen LogP contribution in [0.3, 0.4) is 0 Å². The second kappa shape index (κ2) is 5.41. The zero-order chi connectivity index (χ0) is 16.0. The zero-order valence-electron chi connectivity index (χ0n) is 12.2. The van der Waals surface area contributed by atoms with Crippen LogP contribution in [0.2, 0.25) is 0 Å². The van der Waals surface area contributed by atoms with Gasteiger partial charge in [-0.15, -0.1) is 0 Å². The van der Waals surface area contributed by atoms with Crippen LogP contribution in [0.4, 0.5) is 0 Å². The molecule has 2 aliphatic carbocycles. The molecule has 0 atom stereocenters. The lowest BCUT2D eigenvalue weighted by Crippen LogP contribution is -2.37. The highest BCUT2D eigenvalue weighted by atomic mass is 32.2. The molecule has 122 valence electrons. The van der Waals surface area contributed by atoms with Crippen molar-refractivity contribution >= 4 is 27.3 Å². The Morgan fingerprint density at radius 1 is 1.30 bits per heavy atom. The van der Waals surface area contributed by atoms with Crippen LogP contribution >= 0.6 is 11.3 Å². The van der Waals surface area contributed by atoms with Gasteiger partial charge in [-0.2, -0.15) is 16.3 Å². The van der Waals surface area contributed by atoms with Crippen molar-refractivity contribution in [1.29, 1.82) is 0 Å². The van der Waals surface area contributed by atoms with E-state index in [1.807, 2.05) is 10.8 Å². The fourth-order valence-electron chi connectivity index (χ4n) is 2.76. The normalized spacial score (nSPS) is 18.1. The number of amides is 1. The maximum atomic E-state index is 12.2. The Labute approximate surface area is 137 Å². The van der Waals surface area contributed by atoms with Crippen molar-refractivity contribution in [2.45, 2.75) is 37.4 Å². The van der Waals surface area contributed by atoms with E-state index in [0.29, 0.717) is 18.7 Å². The fraction of sp³-hybridized carbons (Fsp3) is 0.500. The number of hydrogen-bond acceptors (Lipinski definition) is 7. The van der Waals surface area contributed by atoms with Crippen LogP contribution < -0.4 is 4.72 Å². The van der Waals surface area contributed by atoms with Crippen molar-refractivity contribution in [3.05, 3.63) is 33.6 Å². The molecule has 0 bridgehead atoms. The van der Waals surface area contributed by atoms with Gasteiger partial charge in [-0.1, -0.05) is 5.16 Å². The highest BCUT2D eigenvalue weighted by Gasteiger charge is 2.32. The van der Waals surface area contributed by atoms with Gasteiger partial charge in [0.1, 0.15) is 5.75 Å². The van der Waals surface area contributed by atoms with Crippen molar-refractivity contribution in [3.8, 4) is 0 Å². The molecule has 1 fully saturated rings. The van der Waals surface area contributed by atoms with Crippen LogP contribution in [-0.4, -0.2) is 24.5 Å². The van der Waals surface area contributed by atoms with E-state index < -0.39 is 21.7 Å². The van der Waals surface area contributed by atoms with Gasteiger partial charge in [0.05, 0.1) is 0 Å². The Morgan fingerprint density at radius 3 is 2.65 bits per heavy atom. The van der Waals surface area contributed by atoms with E-state index in [1.54, 1.807) is 11.3 Å². The number of fused-ring (bicyclic) bond motifs is 1. The van der Waals surface area contributed by atoms with Crippen LogP contribution in [0.1, 0.15) is 41.6 Å². The summed E-state index contributed by atoms with van der Waals surface area (Å²) >= 11 is 1.60. The molecular formula is C14H15N3O4S2. The minimum Gasteiger partial charge on any atom is -0.339 e. The minimum atomic E-state index is -3.82. The van der Waals surface area contributed by atoms with Gasteiger partial charge in [0.25, 0.3) is 0 Å². The second-order valence-electron chi connectivity index (χ2n) is 6.08. The summed E-state index contributed by atoms with van der Waals surface area (Å²) in [5.74, 6) is -0.375. The van der Waals surface area contributed by atoms with E-state index in [4.69, 9.17) is 4.52 Å². The first-order valence-electron chi connectivity index (χ1n) is 7.41. The van der Waals surface area contributed by atoms with Crippen molar-refractivity contribution < 1.29 is 17.7 Å². The third kappa shape index (κ3) is 3.16. The SMILES string of the molecule is O=C(NS(=O)(=O)Cc1noc(C2CC2)n1)C1Cc2cscc2C1. The third-order valence-corrected chi connectivity index (χ3v) is 6.11. The monoisotopic (exact) mass is 353 g/mol. The Balaban J connectivity index is 1.38. The van der Waals surface area contributed by atoms with Crippen LogP contribution in [0, 0.1) is 5.92 Å². The van der Waals surface area contributed by atoms with Crippen molar-refractivity contribution in [2.24, 2.45) is 5.92 Å². The topological polar surface area (TPSA) is 102 Å². The van der Waals surface area contributed by atoms with Gasteiger partial charge in [0, 0.05) is 11.8 Å². The molecule has 0 radical (unpaired) electrons. The predicted octanol–water partition coefficient (Wildman–Crippen LogP) is 1.37. The molecule has 4 rings (SSSR count). The Morgan fingerprint density at radius 2 is 2.00 bits per heavy atom. The predicted molar refractivity (Wildman–Crippen MR) is 82.3 cm³/mol. The molecule has 1 saturated carbocycles. The molecule has 0 spiro atoms. The average molecular weight is 353 g/mol. The molecule has 23 heavy (non-hydrogen) atoms. The number of aromatic nitrogens is 2. The molecular weight excluding hydrogens is 338 g/mol. The Hall–Kier alpha value is -1.74. The summed E-state index contributed by atoms with van der Waals surface area (Å²) in [5.41, 5.74) is 2.28. The maximum absolute atomic E-state index is 12.2. The molecule has 2 aromatic heterocycles. The molecule has 2 aromatic rings. The van der Waals surface area contributed by atoms with Crippen LogP contribution in [0.25, 0.3) is 0 Å². The van der Waals surface area contributed by atoms with Gasteiger partial charge >= 0.3 is 0 Å². The number of rotatable bonds is 5. The zero-order valence-corrected chi connectivity index (χ0v) is 13.8. The first-order valence-corrected chi connectivity index (χ1v) is 10.0. The van der Waals surface area contributed by atoms with Gasteiger partial charge in [0.15, 0.2) is 5.82 Å². The van der Waals surface area contributed by atoms with Crippen LogP contribution in [0.5, 0.6) is 0 Å². The summed E-state index contributed by atoms with van der Waals surface area (Å²) < 4.78 is 31.4. The third-order valence-electron chi connectivity index (χ3n) is 4.12. The fourth-order valence-corrected chi connectivity index (χ4v) is 4.66. The first-order chi connectivity index (χ1) is 11.0. The summed E-state index contributed by atoms with van der Waals surface area (Å²) in [6, 6.07) is 0. The molecule has 0 aliphatic heterocycles. The van der Waals surface area contributed by atoms with Crippen molar-refractivity contribution in [1.82, 2.24) is 14.9 Å². The number of nitrogens with zero attached hydrogens (tertiary/aromatic N) is 2. The average Bonchev–Trinajstić information content (AvgIpc) is 2.89. The van der Waals surface area contributed by atoms with E-state index in [2.05, 4.69) is 14.9 Å². The number of nitrogens with one attached hydrogen (secondary N) is 1. The van der Waals surface area contributed by atoms with Crippen molar-refractivity contribution in [2.75, 3.05) is 0 Å². The lowest BCUT2D eigenvalue weighted by atomic mass is 10.1. The lowest BCUT2D eigenvalue weighted by molar-refractivity contribution is -0.122. The van der Waals surface area contributed by atoms with E-state index in [9.17, 15) is 13.2 Å². The highest BCUT2D eigenvalue weighted by Crippen LogP contribution is 2.38. The van der Waals surface area contributed by atoms with E-state index in [1.165, 1.54) is 0 Å². The molecule has 0 saturated heterocycles. The summed E-state index contributed by atoms with van der Waals surface area (Å²) in [7, 11) is -3.82. The first kappa shape index (κ1) is 14.8. The number of sulfonamides is 1. The van der Waals surface area contributed by atoms with E-state index in [-0.39, 0.29) is 17.7 Å². The number of carbonyl (C=O) groups is 1. The minimum absolute atomic E-state index is 0.0947. The van der Waals surface area contributed by atoms with Crippen molar-refractivity contribution in [3.63, 3.8) is 0 Å². The summed E-state index contributed by atoms with van der Waals surface area (Å²) in [6.07, 6.45) is 3.18. The number of carbonyl (C=O) groups excluding carboxylic acids is 1. The molecule has 9 heteroatoms. The maximum Gasteiger partial charge on any atom is 0.242 e. The molecule has 7 nitrogen and oxygen atoms in total. The molecule has 2 heterocycles. The highest BCUT2D eigenvalue weighted by molar-refractivity contribution is 7.89. The summed E-state index contributed by atoms with van der Waals surface area (Å²) in [5, 5.41) is 7.70. The summed E-state index contributed by atoms with van der Waals surface area (Å²) in [6.45, 7) is 0. The molecule has 0 unspecified atom stereocenters. The van der Waals surface area contributed by atoms with Gasteiger partial charge < -0.3 is 4.52 Å². The van der Waals surface area contributed by atoms with Gasteiger partial charge in [-0.25, -0.2) is 8.42 Å². The standard InChI is InChI=1S/C14H15N3O4S2/c18-13(9-3-10-5-22-6-11(10)4-9)17-23(19,20)7-12-15-14(21-16-12)8-1-2-8/h5-6,8-9H,1-4,7H2,(H,17,18). The second-order valence-corrected chi connectivity index (χ2v) is 8.54. The van der Waals surface area contributed by atoms with Crippen LogP contribution in [0.15, 0.2) is 15.3 Å².